The van der Waals surface area contributed by atoms with Crippen LogP contribution in [0.1, 0.15) is 43.0 Å². The highest BCUT2D eigenvalue weighted by Crippen LogP contribution is 2.28. The van der Waals surface area contributed by atoms with Gasteiger partial charge in [-0.25, -0.2) is 4.79 Å². The first-order valence-corrected chi connectivity index (χ1v) is 10.7. The van der Waals surface area contributed by atoms with Gasteiger partial charge in [-0.05, 0) is 62.2 Å². The van der Waals surface area contributed by atoms with Crippen LogP contribution in [0, 0.1) is 0 Å². The van der Waals surface area contributed by atoms with E-state index in [1.165, 1.54) is 26.9 Å². The Kier molecular flexibility index (Phi) is 8.08. The fourth-order valence-corrected chi connectivity index (χ4v) is 3.46. The topological polar surface area (TPSA) is 97.0 Å². The summed E-state index contributed by atoms with van der Waals surface area (Å²) in [7, 11) is 1.47. The van der Waals surface area contributed by atoms with Crippen LogP contribution in [0.15, 0.2) is 42.5 Å². The van der Waals surface area contributed by atoms with E-state index in [9.17, 15) is 14.4 Å². The Balaban J connectivity index is 1.50. The first-order valence-electron chi connectivity index (χ1n) is 10.7. The fraction of sp³-hybridized carbons (Fsp3) is 0.375. The molecule has 32 heavy (non-hydrogen) atoms. The van der Waals surface area contributed by atoms with Crippen molar-refractivity contribution in [1.82, 2.24) is 4.90 Å². The number of carbonyl (C=O) groups excluding carboxylic acids is 3. The van der Waals surface area contributed by atoms with E-state index in [1.54, 1.807) is 42.5 Å². The summed E-state index contributed by atoms with van der Waals surface area (Å²) in [5.74, 6) is 0.330. The molecule has 2 aromatic carbocycles. The number of ether oxygens (including phenoxy) is 2. The van der Waals surface area contributed by atoms with Crippen LogP contribution >= 0.6 is 0 Å². The molecule has 0 aliphatic carbocycles. The van der Waals surface area contributed by atoms with Crippen molar-refractivity contribution < 1.29 is 23.9 Å². The fourth-order valence-electron chi connectivity index (χ4n) is 3.46. The molecule has 170 valence electrons. The zero-order valence-corrected chi connectivity index (χ0v) is 18.5. The second-order valence-corrected chi connectivity index (χ2v) is 7.67. The molecule has 3 amide bonds. The van der Waals surface area contributed by atoms with Gasteiger partial charge in [0.25, 0.3) is 5.91 Å². The number of amides is 3. The van der Waals surface area contributed by atoms with Crippen molar-refractivity contribution in [2.45, 2.75) is 32.6 Å². The molecule has 1 aliphatic rings. The lowest BCUT2D eigenvalue weighted by Crippen LogP contribution is -2.35. The second-order valence-electron chi connectivity index (χ2n) is 7.67. The van der Waals surface area contributed by atoms with Gasteiger partial charge in [0.15, 0.2) is 23.9 Å². The molecule has 0 spiro atoms. The largest absolute Gasteiger partial charge is 0.493 e. The Bertz CT molecular complexity index is 951. The summed E-state index contributed by atoms with van der Waals surface area (Å²) in [6.07, 6.45) is 4.40. The number of likely N-dealkylation sites (tertiary alicyclic amines) is 1. The van der Waals surface area contributed by atoms with Gasteiger partial charge in [0, 0.05) is 30.0 Å². The van der Waals surface area contributed by atoms with E-state index in [4.69, 9.17) is 9.47 Å². The average Bonchev–Trinajstić information content (AvgIpc) is 3.08. The number of nitrogens with zero attached hydrogens (tertiary/aromatic N) is 1. The van der Waals surface area contributed by atoms with Crippen LogP contribution in [-0.2, 0) is 4.79 Å². The molecule has 1 heterocycles. The molecule has 8 nitrogen and oxygen atoms in total. The summed E-state index contributed by atoms with van der Waals surface area (Å²) in [6, 6.07) is 11.6. The van der Waals surface area contributed by atoms with Gasteiger partial charge in [-0.3, -0.25) is 9.59 Å². The first-order chi connectivity index (χ1) is 15.5. The maximum atomic E-state index is 12.4. The number of anilines is 2. The van der Waals surface area contributed by atoms with Gasteiger partial charge in [-0.15, -0.1) is 0 Å². The molecular formula is C24H29N3O5. The Morgan fingerprint density at radius 1 is 0.875 bits per heavy atom. The molecule has 0 unspecified atom stereocenters. The van der Waals surface area contributed by atoms with Crippen LogP contribution in [0.5, 0.6) is 11.5 Å². The van der Waals surface area contributed by atoms with E-state index in [2.05, 4.69) is 10.6 Å². The third kappa shape index (κ3) is 6.47. The predicted octanol–water partition coefficient (Wildman–Crippen LogP) is 4.32. The van der Waals surface area contributed by atoms with Gasteiger partial charge in [-0.2, -0.15) is 0 Å². The van der Waals surface area contributed by atoms with Crippen molar-refractivity contribution in [3.8, 4) is 11.5 Å². The van der Waals surface area contributed by atoms with Gasteiger partial charge in [-0.1, -0.05) is 12.8 Å². The summed E-state index contributed by atoms with van der Waals surface area (Å²) in [5, 5.41) is 5.65. The summed E-state index contributed by atoms with van der Waals surface area (Å²) in [4.78, 5) is 38.0. The van der Waals surface area contributed by atoms with Crippen molar-refractivity contribution in [2.24, 2.45) is 0 Å². The van der Waals surface area contributed by atoms with Gasteiger partial charge in [0.1, 0.15) is 0 Å². The molecule has 2 aromatic rings. The zero-order valence-electron chi connectivity index (χ0n) is 18.5. The minimum absolute atomic E-state index is 0.0846. The van der Waals surface area contributed by atoms with Gasteiger partial charge >= 0.3 is 6.03 Å². The van der Waals surface area contributed by atoms with Crippen LogP contribution in [0.3, 0.4) is 0 Å². The number of urea groups is 1. The molecule has 0 saturated carbocycles. The molecule has 0 atom stereocenters. The van der Waals surface area contributed by atoms with E-state index in [0.29, 0.717) is 28.4 Å². The molecule has 8 heteroatoms. The Hall–Kier alpha value is -3.55. The summed E-state index contributed by atoms with van der Waals surface area (Å²) in [6.45, 7) is 2.81. The van der Waals surface area contributed by atoms with Crippen molar-refractivity contribution in [3.63, 3.8) is 0 Å². The first kappa shape index (κ1) is 23.1. The summed E-state index contributed by atoms with van der Waals surface area (Å²) >= 11 is 0. The summed E-state index contributed by atoms with van der Waals surface area (Å²) in [5.41, 5.74) is 1.76. The number of ketones is 1. The standard InChI is InChI=1S/C24H29N3O5/c1-17(28)18-7-12-21(22(15-18)31-2)32-16-23(29)25-19-8-10-20(11-9-19)26-24(30)27-13-5-3-4-6-14-27/h7-12,15H,3-6,13-14,16H2,1-2H3,(H,25,29)(H,26,30). The number of carbonyl (C=O) groups is 3. The zero-order chi connectivity index (χ0) is 22.9. The van der Waals surface area contributed by atoms with E-state index in [0.717, 1.165) is 25.9 Å². The maximum absolute atomic E-state index is 12.4. The number of hydrogen-bond acceptors (Lipinski definition) is 5. The number of nitrogens with one attached hydrogen (secondary N) is 2. The van der Waals surface area contributed by atoms with Gasteiger partial charge < -0.3 is 25.0 Å². The number of rotatable bonds is 7. The number of methoxy groups -OCH3 is 1. The van der Waals surface area contributed by atoms with Crippen molar-refractivity contribution >= 4 is 29.1 Å². The lowest BCUT2D eigenvalue weighted by atomic mass is 10.1. The molecule has 3 rings (SSSR count). The van der Waals surface area contributed by atoms with Crippen LogP contribution in [-0.4, -0.2) is 49.4 Å². The smallest absolute Gasteiger partial charge is 0.321 e. The quantitative estimate of drug-likeness (QED) is 0.626. The molecule has 0 aromatic heterocycles. The summed E-state index contributed by atoms with van der Waals surface area (Å²) < 4.78 is 10.8. The van der Waals surface area contributed by atoms with Crippen molar-refractivity contribution in [3.05, 3.63) is 48.0 Å². The molecule has 1 aliphatic heterocycles. The second kappa shape index (κ2) is 11.2. The Morgan fingerprint density at radius 3 is 2.09 bits per heavy atom. The minimum atomic E-state index is -0.343. The molecule has 0 radical (unpaired) electrons. The number of benzene rings is 2. The van der Waals surface area contributed by atoms with Crippen molar-refractivity contribution in [2.75, 3.05) is 37.4 Å². The van der Waals surface area contributed by atoms with Crippen molar-refractivity contribution in [1.29, 1.82) is 0 Å². The molecule has 1 saturated heterocycles. The highest BCUT2D eigenvalue weighted by molar-refractivity contribution is 5.95. The predicted molar refractivity (Wildman–Crippen MR) is 123 cm³/mol. The molecular weight excluding hydrogens is 410 g/mol. The van der Waals surface area contributed by atoms with E-state index in [1.807, 2.05) is 4.90 Å². The number of Topliss-reactive ketones (excluding diaryl/α,β-unsaturated/α-hetero) is 1. The van der Waals surface area contributed by atoms with E-state index in [-0.39, 0.29) is 24.3 Å². The lowest BCUT2D eigenvalue weighted by molar-refractivity contribution is -0.118. The maximum Gasteiger partial charge on any atom is 0.321 e. The lowest BCUT2D eigenvalue weighted by Gasteiger charge is -2.20. The normalized spacial score (nSPS) is 13.6. The van der Waals surface area contributed by atoms with Crippen LogP contribution in [0.2, 0.25) is 0 Å². The molecule has 1 fully saturated rings. The van der Waals surface area contributed by atoms with E-state index < -0.39 is 0 Å². The highest BCUT2D eigenvalue weighted by atomic mass is 16.5. The Labute approximate surface area is 187 Å². The molecule has 2 N–H and O–H groups in total. The molecule has 0 bridgehead atoms. The van der Waals surface area contributed by atoms with Crippen LogP contribution in [0.25, 0.3) is 0 Å². The third-order valence-electron chi connectivity index (χ3n) is 5.24. The number of hydrogen-bond donors (Lipinski definition) is 2. The van der Waals surface area contributed by atoms with Crippen LogP contribution in [0.4, 0.5) is 16.2 Å². The van der Waals surface area contributed by atoms with Gasteiger partial charge in [0.2, 0.25) is 0 Å². The van der Waals surface area contributed by atoms with Gasteiger partial charge in [0.05, 0.1) is 7.11 Å². The highest BCUT2D eigenvalue weighted by Gasteiger charge is 2.15. The van der Waals surface area contributed by atoms with E-state index >= 15 is 0 Å². The monoisotopic (exact) mass is 439 g/mol. The van der Waals surface area contributed by atoms with Crippen LogP contribution < -0.4 is 20.1 Å². The SMILES string of the molecule is COc1cc(C(C)=O)ccc1OCC(=O)Nc1ccc(NC(=O)N2CCCCCC2)cc1. The average molecular weight is 440 g/mol. The minimum Gasteiger partial charge on any atom is -0.493 e. The third-order valence-corrected chi connectivity index (χ3v) is 5.24. The Morgan fingerprint density at radius 2 is 1.50 bits per heavy atom.